The fourth-order valence-electron chi connectivity index (χ4n) is 3.07. The molecule has 1 aliphatic rings. The van der Waals surface area contributed by atoms with E-state index in [4.69, 9.17) is 14.2 Å². The van der Waals surface area contributed by atoms with Gasteiger partial charge in [-0.2, -0.15) is 0 Å². The van der Waals surface area contributed by atoms with Gasteiger partial charge in [-0.05, 0) is 56.5 Å². The lowest BCUT2D eigenvalue weighted by Gasteiger charge is -2.26. The van der Waals surface area contributed by atoms with E-state index in [1.807, 2.05) is 54.6 Å². The number of cyclic esters (lactones) is 1. The maximum absolute atomic E-state index is 12.3. The van der Waals surface area contributed by atoms with Gasteiger partial charge >= 0.3 is 12.1 Å². The number of rotatable bonds is 7. The zero-order valence-electron chi connectivity index (χ0n) is 17.5. The first-order valence-electron chi connectivity index (χ1n) is 9.92. The van der Waals surface area contributed by atoms with Gasteiger partial charge in [0.15, 0.2) is 0 Å². The standard InChI is InChI=1S/C24H27NO5/c1-24(2,3)30-23(27)25-20(21-12-13-22(26)29-21)15-18-10-7-11-19(14-18)28-16-17-8-5-4-6-9-17/h4-14,20-21H,15-16H2,1-3H3,(H,25,27)/t20?,21-/m1/s1. The molecule has 1 unspecified atom stereocenters. The van der Waals surface area contributed by atoms with Gasteiger partial charge in [-0.25, -0.2) is 9.59 Å². The van der Waals surface area contributed by atoms with Crippen molar-refractivity contribution in [2.45, 2.75) is 51.5 Å². The number of ether oxygens (including phenoxy) is 3. The highest BCUT2D eigenvalue weighted by Crippen LogP contribution is 2.20. The molecular weight excluding hydrogens is 382 g/mol. The molecule has 1 amide bonds. The van der Waals surface area contributed by atoms with E-state index in [-0.39, 0.29) is 0 Å². The van der Waals surface area contributed by atoms with Crippen LogP contribution < -0.4 is 10.1 Å². The predicted molar refractivity (Wildman–Crippen MR) is 113 cm³/mol. The summed E-state index contributed by atoms with van der Waals surface area (Å²) in [4.78, 5) is 23.8. The fraction of sp³-hybridized carbons (Fsp3) is 0.333. The Bertz CT molecular complexity index is 901. The number of amides is 1. The second-order valence-electron chi connectivity index (χ2n) is 8.14. The Labute approximate surface area is 176 Å². The van der Waals surface area contributed by atoms with Gasteiger partial charge in [-0.3, -0.25) is 0 Å². The summed E-state index contributed by atoms with van der Waals surface area (Å²) >= 11 is 0. The van der Waals surface area contributed by atoms with Gasteiger partial charge in [0.1, 0.15) is 24.1 Å². The Morgan fingerprint density at radius 1 is 1.10 bits per heavy atom. The molecule has 3 rings (SSSR count). The second kappa shape index (κ2) is 9.48. The third-order valence-corrected chi connectivity index (χ3v) is 4.38. The van der Waals surface area contributed by atoms with Crippen molar-refractivity contribution >= 4 is 12.1 Å². The number of carbonyl (C=O) groups excluding carboxylic acids is 2. The number of benzene rings is 2. The van der Waals surface area contributed by atoms with Gasteiger partial charge in [0.2, 0.25) is 0 Å². The maximum atomic E-state index is 12.3. The molecule has 1 N–H and O–H groups in total. The van der Waals surface area contributed by atoms with E-state index in [9.17, 15) is 9.59 Å². The van der Waals surface area contributed by atoms with Crippen molar-refractivity contribution in [1.29, 1.82) is 0 Å². The van der Waals surface area contributed by atoms with Crippen LogP contribution in [0.2, 0.25) is 0 Å². The zero-order chi connectivity index (χ0) is 21.6. The van der Waals surface area contributed by atoms with E-state index in [0.717, 1.165) is 16.9 Å². The topological polar surface area (TPSA) is 73.9 Å². The van der Waals surface area contributed by atoms with Crippen molar-refractivity contribution in [3.63, 3.8) is 0 Å². The number of esters is 1. The monoisotopic (exact) mass is 409 g/mol. The molecule has 2 atom stereocenters. The van der Waals surface area contributed by atoms with Gasteiger partial charge in [-0.15, -0.1) is 0 Å². The van der Waals surface area contributed by atoms with E-state index in [1.54, 1.807) is 26.8 Å². The molecule has 0 spiro atoms. The first-order valence-corrected chi connectivity index (χ1v) is 9.92. The van der Waals surface area contributed by atoms with Gasteiger partial charge in [-0.1, -0.05) is 42.5 Å². The van der Waals surface area contributed by atoms with Crippen LogP contribution in [0.5, 0.6) is 5.75 Å². The summed E-state index contributed by atoms with van der Waals surface area (Å²) < 4.78 is 16.6. The zero-order valence-corrected chi connectivity index (χ0v) is 17.5. The molecule has 2 aromatic carbocycles. The summed E-state index contributed by atoms with van der Waals surface area (Å²) in [6, 6.07) is 17.1. The maximum Gasteiger partial charge on any atom is 0.408 e. The van der Waals surface area contributed by atoms with Gasteiger partial charge in [0.05, 0.1) is 6.04 Å². The van der Waals surface area contributed by atoms with Gasteiger partial charge in [0.25, 0.3) is 0 Å². The Morgan fingerprint density at radius 2 is 1.83 bits per heavy atom. The lowest BCUT2D eigenvalue weighted by molar-refractivity contribution is -0.139. The largest absolute Gasteiger partial charge is 0.489 e. The Balaban J connectivity index is 1.68. The molecule has 0 saturated heterocycles. The third-order valence-electron chi connectivity index (χ3n) is 4.38. The summed E-state index contributed by atoms with van der Waals surface area (Å²) in [6.45, 7) is 5.85. The van der Waals surface area contributed by atoms with Crippen LogP contribution in [0.3, 0.4) is 0 Å². The smallest absolute Gasteiger partial charge is 0.408 e. The molecule has 0 aromatic heterocycles. The van der Waals surface area contributed by atoms with Crippen LogP contribution in [0.25, 0.3) is 0 Å². The van der Waals surface area contributed by atoms with E-state index in [2.05, 4.69) is 5.32 Å². The van der Waals surface area contributed by atoms with Gasteiger partial charge < -0.3 is 19.5 Å². The second-order valence-corrected chi connectivity index (χ2v) is 8.14. The van der Waals surface area contributed by atoms with Crippen molar-refractivity contribution in [1.82, 2.24) is 5.32 Å². The molecule has 0 radical (unpaired) electrons. The summed E-state index contributed by atoms with van der Waals surface area (Å²) in [6.07, 6.45) is 2.36. The Hall–Kier alpha value is -3.28. The van der Waals surface area contributed by atoms with Crippen LogP contribution in [0.1, 0.15) is 31.9 Å². The first-order chi connectivity index (χ1) is 14.3. The van der Waals surface area contributed by atoms with Crippen LogP contribution in [0.15, 0.2) is 66.7 Å². The molecule has 6 nitrogen and oxygen atoms in total. The minimum Gasteiger partial charge on any atom is -0.489 e. The van der Waals surface area contributed by atoms with Crippen molar-refractivity contribution in [2.75, 3.05) is 0 Å². The van der Waals surface area contributed by atoms with Crippen LogP contribution in [0.4, 0.5) is 4.79 Å². The third kappa shape index (κ3) is 6.65. The minimum atomic E-state index is -0.623. The van der Waals surface area contributed by atoms with E-state index < -0.39 is 29.8 Å². The molecule has 0 fully saturated rings. The van der Waals surface area contributed by atoms with Crippen molar-refractivity contribution in [2.24, 2.45) is 0 Å². The number of hydrogen-bond acceptors (Lipinski definition) is 5. The highest BCUT2D eigenvalue weighted by molar-refractivity contribution is 5.84. The normalized spacial score (nSPS) is 16.6. The molecule has 0 saturated carbocycles. The quantitative estimate of drug-likeness (QED) is 0.695. The predicted octanol–water partition coefficient (Wildman–Crippen LogP) is 4.18. The van der Waals surface area contributed by atoms with Crippen LogP contribution in [-0.2, 0) is 27.3 Å². The van der Waals surface area contributed by atoms with Crippen molar-refractivity contribution in [3.05, 3.63) is 77.9 Å². The number of hydrogen-bond donors (Lipinski definition) is 1. The molecule has 1 heterocycles. The highest BCUT2D eigenvalue weighted by Gasteiger charge is 2.30. The summed E-state index contributed by atoms with van der Waals surface area (Å²) in [5, 5.41) is 2.83. The number of carbonyl (C=O) groups is 2. The summed E-state index contributed by atoms with van der Waals surface area (Å²) in [5.74, 6) is 0.308. The van der Waals surface area contributed by atoms with E-state index in [0.29, 0.717) is 13.0 Å². The van der Waals surface area contributed by atoms with Crippen LogP contribution in [-0.4, -0.2) is 29.8 Å². The first kappa shape index (κ1) is 21.4. The van der Waals surface area contributed by atoms with Crippen molar-refractivity contribution < 1.29 is 23.8 Å². The summed E-state index contributed by atoms with van der Waals surface area (Å²) in [5.41, 5.74) is 1.40. The lowest BCUT2D eigenvalue weighted by atomic mass is 10.0. The van der Waals surface area contributed by atoms with E-state index in [1.165, 1.54) is 6.08 Å². The molecule has 158 valence electrons. The Morgan fingerprint density at radius 3 is 2.50 bits per heavy atom. The van der Waals surface area contributed by atoms with Crippen molar-refractivity contribution in [3.8, 4) is 5.75 Å². The highest BCUT2D eigenvalue weighted by atomic mass is 16.6. The Kier molecular flexibility index (Phi) is 6.77. The van der Waals surface area contributed by atoms with Crippen LogP contribution in [0, 0.1) is 0 Å². The molecule has 2 aromatic rings. The lowest BCUT2D eigenvalue weighted by Crippen LogP contribution is -2.46. The molecular formula is C24H27NO5. The molecule has 0 bridgehead atoms. The SMILES string of the molecule is CC(C)(C)OC(=O)NC(Cc1cccc(OCc2ccccc2)c1)[C@H]1C=CC(=O)O1. The number of nitrogens with one attached hydrogen (secondary N) is 1. The number of alkyl carbamates (subject to hydrolysis) is 1. The molecule has 30 heavy (non-hydrogen) atoms. The van der Waals surface area contributed by atoms with Gasteiger partial charge in [0, 0.05) is 6.08 Å². The fourth-order valence-corrected chi connectivity index (χ4v) is 3.07. The average molecular weight is 409 g/mol. The average Bonchev–Trinajstić information content (AvgIpc) is 3.12. The molecule has 0 aliphatic carbocycles. The molecule has 1 aliphatic heterocycles. The minimum absolute atomic E-state index is 0.420. The summed E-state index contributed by atoms with van der Waals surface area (Å²) in [7, 11) is 0. The molecule has 6 heteroatoms. The van der Waals surface area contributed by atoms with Crippen LogP contribution >= 0.6 is 0 Å². The van der Waals surface area contributed by atoms with E-state index >= 15 is 0 Å².